The summed E-state index contributed by atoms with van der Waals surface area (Å²) in [6.07, 6.45) is 0. The molecule has 0 aliphatic carbocycles. The monoisotopic (exact) mass is 530 g/mol. The fraction of sp³-hybridized carbons (Fsp3) is 0.138. The van der Waals surface area contributed by atoms with Gasteiger partial charge in [0.1, 0.15) is 0 Å². The number of halogens is 2. The predicted molar refractivity (Wildman–Crippen MR) is 149 cm³/mol. The fourth-order valence-electron chi connectivity index (χ4n) is 3.82. The summed E-state index contributed by atoms with van der Waals surface area (Å²) < 4.78 is 7.47. The highest BCUT2D eigenvalue weighted by molar-refractivity contribution is 6.42. The van der Waals surface area contributed by atoms with E-state index in [1.165, 1.54) is 0 Å². The van der Waals surface area contributed by atoms with E-state index in [-0.39, 0.29) is 11.9 Å². The summed E-state index contributed by atoms with van der Waals surface area (Å²) in [6.45, 7) is 4.61. The highest BCUT2D eigenvalue weighted by Crippen LogP contribution is 2.30. The molecule has 0 saturated carbocycles. The minimum atomic E-state index is -0.180. The minimum Gasteiger partial charge on any atom is -0.462 e. The SMILES string of the molecule is CC(C)COc1nc(-c2ccc(Cl)c(Cl)c2)n(-c2ccc(NC(=O)c3ccc4ccccc4c3)cc2)n1. The molecule has 1 amide bonds. The Morgan fingerprint density at radius 3 is 2.41 bits per heavy atom. The molecule has 0 saturated heterocycles. The zero-order valence-corrected chi connectivity index (χ0v) is 21.8. The Kier molecular flexibility index (Phi) is 7.12. The lowest BCUT2D eigenvalue weighted by atomic mass is 10.1. The number of carbonyl (C=O) groups is 1. The van der Waals surface area contributed by atoms with Crippen LogP contribution in [0, 0.1) is 5.92 Å². The van der Waals surface area contributed by atoms with E-state index in [9.17, 15) is 4.79 Å². The molecule has 37 heavy (non-hydrogen) atoms. The Morgan fingerprint density at radius 1 is 0.919 bits per heavy atom. The van der Waals surface area contributed by atoms with E-state index < -0.39 is 0 Å². The third kappa shape index (κ3) is 5.61. The number of ether oxygens (including phenoxy) is 1. The number of hydrogen-bond acceptors (Lipinski definition) is 4. The van der Waals surface area contributed by atoms with Crippen LogP contribution in [0.4, 0.5) is 5.69 Å². The van der Waals surface area contributed by atoms with Gasteiger partial charge in [-0.1, -0.05) is 67.4 Å². The molecule has 0 bridgehead atoms. The maximum Gasteiger partial charge on any atom is 0.336 e. The van der Waals surface area contributed by atoms with Crippen LogP contribution < -0.4 is 10.1 Å². The first-order chi connectivity index (χ1) is 17.9. The Labute approximate surface area is 224 Å². The molecule has 1 N–H and O–H groups in total. The standard InChI is InChI=1S/C29H24Cl2N4O2/c1-18(2)17-37-29-33-27(21-9-14-25(30)26(31)16-21)35(34-29)24-12-10-23(11-13-24)32-28(36)22-8-7-19-5-3-4-6-20(19)15-22/h3-16,18H,17H2,1-2H3,(H,32,36). The second-order valence-electron chi connectivity index (χ2n) is 9.03. The van der Waals surface area contributed by atoms with Gasteiger partial charge in [0.2, 0.25) is 0 Å². The maximum absolute atomic E-state index is 12.9. The number of fused-ring (bicyclic) bond motifs is 1. The number of anilines is 1. The molecule has 0 aliphatic heterocycles. The Balaban J connectivity index is 1.41. The molecule has 5 aromatic rings. The molecular weight excluding hydrogens is 507 g/mol. The lowest BCUT2D eigenvalue weighted by Gasteiger charge is -2.09. The lowest BCUT2D eigenvalue weighted by molar-refractivity contribution is 0.102. The van der Waals surface area contributed by atoms with Crippen molar-refractivity contribution in [3.05, 3.63) is 101 Å². The van der Waals surface area contributed by atoms with E-state index in [0.29, 0.717) is 39.6 Å². The largest absolute Gasteiger partial charge is 0.462 e. The molecule has 0 unspecified atom stereocenters. The van der Waals surface area contributed by atoms with Crippen LogP contribution in [-0.2, 0) is 0 Å². The highest BCUT2D eigenvalue weighted by Gasteiger charge is 2.17. The molecule has 8 heteroatoms. The van der Waals surface area contributed by atoms with Crippen molar-refractivity contribution in [2.75, 3.05) is 11.9 Å². The van der Waals surface area contributed by atoms with Crippen LogP contribution >= 0.6 is 23.2 Å². The van der Waals surface area contributed by atoms with Crippen LogP contribution in [-0.4, -0.2) is 27.3 Å². The van der Waals surface area contributed by atoms with Crippen molar-refractivity contribution in [1.29, 1.82) is 0 Å². The summed E-state index contributed by atoms with van der Waals surface area (Å²) in [7, 11) is 0. The van der Waals surface area contributed by atoms with Crippen molar-refractivity contribution in [2.45, 2.75) is 13.8 Å². The highest BCUT2D eigenvalue weighted by atomic mass is 35.5. The molecule has 0 fully saturated rings. The average Bonchev–Trinajstić information content (AvgIpc) is 3.33. The fourth-order valence-corrected chi connectivity index (χ4v) is 4.12. The molecule has 0 aliphatic rings. The molecule has 1 heterocycles. The van der Waals surface area contributed by atoms with Crippen molar-refractivity contribution in [3.63, 3.8) is 0 Å². The van der Waals surface area contributed by atoms with Gasteiger partial charge in [-0.05, 0) is 71.3 Å². The van der Waals surface area contributed by atoms with E-state index in [1.807, 2.05) is 72.8 Å². The van der Waals surface area contributed by atoms with Gasteiger partial charge in [0.05, 0.1) is 22.3 Å². The van der Waals surface area contributed by atoms with Crippen molar-refractivity contribution < 1.29 is 9.53 Å². The molecule has 0 spiro atoms. The van der Waals surface area contributed by atoms with Gasteiger partial charge in [0.15, 0.2) is 5.82 Å². The van der Waals surface area contributed by atoms with Crippen LogP contribution in [0.15, 0.2) is 84.9 Å². The molecular formula is C29H24Cl2N4O2. The normalized spacial score (nSPS) is 11.2. The van der Waals surface area contributed by atoms with Gasteiger partial charge in [-0.3, -0.25) is 4.79 Å². The quantitative estimate of drug-likeness (QED) is 0.234. The zero-order valence-electron chi connectivity index (χ0n) is 20.3. The number of hydrogen-bond donors (Lipinski definition) is 1. The number of nitrogens with one attached hydrogen (secondary N) is 1. The van der Waals surface area contributed by atoms with Gasteiger partial charge in [-0.25, -0.2) is 4.68 Å². The van der Waals surface area contributed by atoms with Crippen molar-refractivity contribution in [2.24, 2.45) is 5.92 Å². The number of benzene rings is 4. The van der Waals surface area contributed by atoms with Gasteiger partial charge in [0, 0.05) is 16.8 Å². The van der Waals surface area contributed by atoms with Crippen molar-refractivity contribution in [1.82, 2.24) is 14.8 Å². The van der Waals surface area contributed by atoms with Gasteiger partial charge in [-0.15, -0.1) is 5.10 Å². The summed E-state index contributed by atoms with van der Waals surface area (Å²) in [5, 5.41) is 10.5. The van der Waals surface area contributed by atoms with Crippen LogP contribution in [0.2, 0.25) is 10.0 Å². The van der Waals surface area contributed by atoms with E-state index in [1.54, 1.807) is 16.8 Å². The smallest absolute Gasteiger partial charge is 0.336 e. The number of rotatable bonds is 7. The number of nitrogens with zero attached hydrogens (tertiary/aromatic N) is 3. The minimum absolute atomic E-state index is 0.180. The van der Waals surface area contributed by atoms with E-state index >= 15 is 0 Å². The van der Waals surface area contributed by atoms with Crippen molar-refractivity contribution in [3.8, 4) is 23.1 Å². The van der Waals surface area contributed by atoms with Crippen LogP contribution in [0.1, 0.15) is 24.2 Å². The maximum atomic E-state index is 12.9. The summed E-state index contributed by atoms with van der Waals surface area (Å²) in [5.41, 5.74) is 2.74. The molecule has 0 radical (unpaired) electrons. The van der Waals surface area contributed by atoms with E-state index in [2.05, 4.69) is 29.2 Å². The summed E-state index contributed by atoms with van der Waals surface area (Å²) >= 11 is 12.4. The topological polar surface area (TPSA) is 69.0 Å². The Morgan fingerprint density at radius 2 is 1.68 bits per heavy atom. The van der Waals surface area contributed by atoms with Gasteiger partial charge >= 0.3 is 6.01 Å². The zero-order chi connectivity index (χ0) is 25.9. The third-order valence-electron chi connectivity index (χ3n) is 5.69. The Hall–Kier alpha value is -3.87. The van der Waals surface area contributed by atoms with Crippen molar-refractivity contribution >= 4 is 45.6 Å². The first kappa shape index (κ1) is 24.8. The third-order valence-corrected chi connectivity index (χ3v) is 6.43. The molecule has 4 aromatic carbocycles. The van der Waals surface area contributed by atoms with Gasteiger partial charge in [0.25, 0.3) is 5.91 Å². The Bertz CT molecular complexity index is 1580. The molecule has 1 aromatic heterocycles. The molecule has 5 rings (SSSR count). The van der Waals surface area contributed by atoms with Crippen LogP contribution in [0.5, 0.6) is 6.01 Å². The second-order valence-corrected chi connectivity index (χ2v) is 9.84. The predicted octanol–water partition coefficient (Wildman–Crippen LogP) is 7.68. The van der Waals surface area contributed by atoms with E-state index in [0.717, 1.165) is 22.0 Å². The first-order valence-electron chi connectivity index (χ1n) is 11.8. The molecule has 6 nitrogen and oxygen atoms in total. The average molecular weight is 531 g/mol. The lowest BCUT2D eigenvalue weighted by Crippen LogP contribution is -2.12. The van der Waals surface area contributed by atoms with E-state index in [4.69, 9.17) is 27.9 Å². The second kappa shape index (κ2) is 10.6. The van der Waals surface area contributed by atoms with Crippen LogP contribution in [0.3, 0.4) is 0 Å². The number of aromatic nitrogens is 3. The molecule has 0 atom stereocenters. The first-order valence-corrected chi connectivity index (χ1v) is 12.6. The number of carbonyl (C=O) groups excluding carboxylic acids is 1. The van der Waals surface area contributed by atoms with Crippen LogP contribution in [0.25, 0.3) is 27.8 Å². The summed E-state index contributed by atoms with van der Waals surface area (Å²) in [6, 6.07) is 26.5. The summed E-state index contributed by atoms with van der Waals surface area (Å²) in [4.78, 5) is 17.5. The number of amides is 1. The van der Waals surface area contributed by atoms with Gasteiger partial charge < -0.3 is 10.1 Å². The van der Waals surface area contributed by atoms with Gasteiger partial charge in [-0.2, -0.15) is 4.98 Å². The molecule has 186 valence electrons. The summed E-state index contributed by atoms with van der Waals surface area (Å²) in [5.74, 6) is 0.705.